The van der Waals surface area contributed by atoms with Gasteiger partial charge in [0.15, 0.2) is 5.69 Å². The van der Waals surface area contributed by atoms with Crippen LogP contribution in [0.1, 0.15) is 60.0 Å². The van der Waals surface area contributed by atoms with Crippen LogP contribution >= 0.6 is 0 Å². The number of nitrogens with zero attached hydrogens (tertiary/aromatic N) is 3. The van der Waals surface area contributed by atoms with Crippen molar-refractivity contribution in [1.29, 1.82) is 0 Å². The maximum atomic E-state index is 14.5. The Morgan fingerprint density at radius 3 is 2.35 bits per heavy atom. The number of hydrogen-bond donors (Lipinski definition) is 2. The predicted molar refractivity (Wildman–Crippen MR) is 170 cm³/mol. The monoisotopic (exact) mass is 689 g/mol. The molecular formula is C34H33F6N5O4. The largest absolute Gasteiger partial charge is 0.460 e. The molecule has 1 saturated heterocycles. The van der Waals surface area contributed by atoms with E-state index >= 15 is 0 Å². The Hall–Kier alpha value is -5.08. The Labute approximate surface area is 277 Å². The summed E-state index contributed by atoms with van der Waals surface area (Å²) in [6.07, 6.45) is -5.19. The maximum Gasteiger partial charge on any atom is 0.408 e. The van der Waals surface area contributed by atoms with Crippen LogP contribution in [0, 0.1) is 5.82 Å². The Morgan fingerprint density at radius 2 is 1.65 bits per heavy atom. The third-order valence-corrected chi connectivity index (χ3v) is 7.51. The number of piperidine rings is 1. The number of hydrogen-bond acceptors (Lipinski definition) is 6. The normalized spacial score (nSPS) is 14.8. The fraction of sp³-hybridized carbons (Fsp3) is 0.353. The van der Waals surface area contributed by atoms with E-state index in [9.17, 15) is 40.7 Å². The Bertz CT molecular complexity index is 1900. The first-order valence-electron chi connectivity index (χ1n) is 15.3. The first-order valence-corrected chi connectivity index (χ1v) is 15.3. The van der Waals surface area contributed by atoms with Gasteiger partial charge in [0.1, 0.15) is 18.0 Å². The van der Waals surface area contributed by atoms with E-state index in [1.807, 2.05) is 0 Å². The lowest BCUT2D eigenvalue weighted by molar-refractivity contribution is -0.154. The molecule has 1 aliphatic heterocycles. The van der Waals surface area contributed by atoms with Gasteiger partial charge in [-0.25, -0.2) is 13.2 Å². The Kier molecular flexibility index (Phi) is 9.66. The molecule has 1 fully saturated rings. The molecule has 260 valence electrons. The molecule has 0 radical (unpaired) electrons. The van der Waals surface area contributed by atoms with E-state index in [4.69, 9.17) is 4.74 Å². The van der Waals surface area contributed by atoms with Crippen LogP contribution in [0.5, 0.6) is 0 Å². The number of aromatic nitrogens is 2. The molecule has 0 bridgehead atoms. The van der Waals surface area contributed by atoms with E-state index in [1.54, 1.807) is 20.8 Å². The van der Waals surface area contributed by atoms with Gasteiger partial charge in [0.2, 0.25) is 0 Å². The summed E-state index contributed by atoms with van der Waals surface area (Å²) in [5.41, 5.74) is -0.846. The van der Waals surface area contributed by atoms with Crippen molar-refractivity contribution in [3.63, 3.8) is 0 Å². The van der Waals surface area contributed by atoms with Crippen molar-refractivity contribution in [2.45, 2.75) is 64.3 Å². The number of anilines is 3. The van der Waals surface area contributed by atoms with Gasteiger partial charge < -0.3 is 20.3 Å². The first-order chi connectivity index (χ1) is 22.9. The minimum atomic E-state index is -4.63. The van der Waals surface area contributed by atoms with Crippen LogP contribution in [0.3, 0.4) is 0 Å². The second-order valence-electron chi connectivity index (χ2n) is 12.7. The van der Waals surface area contributed by atoms with Crippen molar-refractivity contribution in [3.05, 3.63) is 83.3 Å². The topological polar surface area (TPSA) is 106 Å². The lowest BCUT2D eigenvalue weighted by atomic mass is 10.0. The van der Waals surface area contributed by atoms with Gasteiger partial charge in [0.25, 0.3) is 17.7 Å². The molecule has 0 saturated carbocycles. The van der Waals surface area contributed by atoms with Crippen molar-refractivity contribution in [3.8, 4) is 0 Å². The number of carbonyl (C=O) groups excluding carboxylic acids is 3. The SMILES string of the molecule is CC(C)(C)OC(=O)Cc1cc(F)ccc1NC(=O)c1ccc(N2CCCC(F)(F)C2)c(NC(=O)c2nn(CC(F)(F)F)c3ccccc23)c1. The number of fused-ring (bicyclic) bond motifs is 1. The van der Waals surface area contributed by atoms with Crippen molar-refractivity contribution in [2.24, 2.45) is 0 Å². The molecule has 2 amide bonds. The lowest BCUT2D eigenvalue weighted by Gasteiger charge is -2.35. The molecule has 3 aromatic carbocycles. The van der Waals surface area contributed by atoms with Crippen LogP contribution in [0.2, 0.25) is 0 Å². The number of rotatable bonds is 8. The summed E-state index contributed by atoms with van der Waals surface area (Å²) in [7, 11) is 0. The number of carbonyl (C=O) groups is 3. The molecule has 2 N–H and O–H groups in total. The maximum absolute atomic E-state index is 14.5. The number of benzene rings is 3. The zero-order valence-corrected chi connectivity index (χ0v) is 26.8. The average molecular weight is 690 g/mol. The standard InChI is InChI=1S/C34H33F6N5O4/c1-32(2,3)49-28(46)17-21-15-22(35)10-11-24(21)41-30(47)20-9-12-27(44-14-6-13-33(36,37)18-44)25(16-20)42-31(48)29-23-7-4-5-8-26(23)45(43-29)19-34(38,39)40/h4-5,7-12,15-16H,6,13-14,17-19H2,1-3H3,(H,41,47)(H,42,48). The van der Waals surface area contributed by atoms with Crippen LogP contribution in [0.4, 0.5) is 43.4 Å². The summed E-state index contributed by atoms with van der Waals surface area (Å²) in [4.78, 5) is 40.9. The molecule has 2 heterocycles. The van der Waals surface area contributed by atoms with Crippen molar-refractivity contribution < 1.29 is 45.5 Å². The van der Waals surface area contributed by atoms with Crippen molar-refractivity contribution in [1.82, 2.24) is 9.78 Å². The smallest absolute Gasteiger partial charge is 0.408 e. The van der Waals surface area contributed by atoms with Gasteiger partial charge in [-0.3, -0.25) is 19.1 Å². The number of esters is 1. The minimum absolute atomic E-state index is 0.0514. The predicted octanol–water partition coefficient (Wildman–Crippen LogP) is 7.36. The highest BCUT2D eigenvalue weighted by molar-refractivity contribution is 6.13. The highest BCUT2D eigenvalue weighted by atomic mass is 19.4. The van der Waals surface area contributed by atoms with Crippen molar-refractivity contribution >= 4 is 45.7 Å². The van der Waals surface area contributed by atoms with E-state index in [0.717, 1.165) is 12.1 Å². The summed E-state index contributed by atoms with van der Waals surface area (Å²) in [6, 6.07) is 13.2. The van der Waals surface area contributed by atoms with Gasteiger partial charge >= 0.3 is 12.1 Å². The van der Waals surface area contributed by atoms with E-state index < -0.39 is 54.4 Å². The fourth-order valence-electron chi connectivity index (χ4n) is 5.55. The average Bonchev–Trinajstić information content (AvgIpc) is 3.34. The van der Waals surface area contributed by atoms with Crippen LogP contribution in [0.15, 0.2) is 60.7 Å². The van der Waals surface area contributed by atoms with Gasteiger partial charge in [-0.15, -0.1) is 0 Å². The van der Waals surface area contributed by atoms with E-state index in [-0.39, 0.29) is 70.6 Å². The molecule has 5 rings (SSSR count). The number of amides is 2. The number of ether oxygens (including phenoxy) is 1. The molecule has 0 spiro atoms. The highest BCUT2D eigenvalue weighted by Gasteiger charge is 2.36. The summed E-state index contributed by atoms with van der Waals surface area (Å²) in [6.45, 7) is 3.08. The van der Waals surface area contributed by atoms with Crippen LogP contribution in [-0.2, 0) is 22.5 Å². The molecule has 49 heavy (non-hydrogen) atoms. The zero-order valence-electron chi connectivity index (χ0n) is 26.8. The molecule has 0 unspecified atom stereocenters. The molecule has 1 aromatic heterocycles. The third kappa shape index (κ3) is 8.89. The summed E-state index contributed by atoms with van der Waals surface area (Å²) >= 11 is 0. The van der Waals surface area contributed by atoms with Crippen molar-refractivity contribution in [2.75, 3.05) is 28.6 Å². The van der Waals surface area contributed by atoms with Gasteiger partial charge in [0.05, 0.1) is 29.9 Å². The second kappa shape index (κ2) is 13.4. The van der Waals surface area contributed by atoms with Gasteiger partial charge in [-0.05, 0) is 75.2 Å². The quantitative estimate of drug-likeness (QED) is 0.148. The molecule has 9 nitrogen and oxygen atoms in total. The van der Waals surface area contributed by atoms with Crippen LogP contribution in [-0.4, -0.2) is 58.4 Å². The molecular weight excluding hydrogens is 656 g/mol. The minimum Gasteiger partial charge on any atom is -0.460 e. The number of halogens is 6. The molecule has 15 heteroatoms. The lowest BCUT2D eigenvalue weighted by Crippen LogP contribution is -2.43. The van der Waals surface area contributed by atoms with Gasteiger partial charge in [-0.2, -0.15) is 18.3 Å². The molecule has 1 aliphatic rings. The fourth-order valence-corrected chi connectivity index (χ4v) is 5.55. The number of para-hydroxylation sites is 1. The summed E-state index contributed by atoms with van der Waals surface area (Å²) < 4.78 is 88.9. The molecule has 4 aromatic rings. The number of nitrogens with one attached hydrogen (secondary N) is 2. The van der Waals surface area contributed by atoms with E-state index in [2.05, 4.69) is 15.7 Å². The summed E-state index contributed by atoms with van der Waals surface area (Å²) in [5.74, 6) is -6.03. The van der Waals surface area contributed by atoms with Gasteiger partial charge in [0, 0.05) is 29.6 Å². The highest BCUT2D eigenvalue weighted by Crippen LogP contribution is 2.35. The van der Waals surface area contributed by atoms with Crippen LogP contribution in [0.25, 0.3) is 10.9 Å². The second-order valence-corrected chi connectivity index (χ2v) is 12.7. The third-order valence-electron chi connectivity index (χ3n) is 7.51. The zero-order chi connectivity index (χ0) is 35.7. The first kappa shape index (κ1) is 35.2. The van der Waals surface area contributed by atoms with E-state index in [0.29, 0.717) is 4.68 Å². The van der Waals surface area contributed by atoms with E-state index in [1.165, 1.54) is 53.4 Å². The van der Waals surface area contributed by atoms with Crippen LogP contribution < -0.4 is 15.5 Å². The Morgan fingerprint density at radius 1 is 0.939 bits per heavy atom. The Balaban J connectivity index is 1.48. The molecule has 0 atom stereocenters. The molecule has 0 aliphatic carbocycles. The van der Waals surface area contributed by atoms with Gasteiger partial charge in [-0.1, -0.05) is 18.2 Å². The summed E-state index contributed by atoms with van der Waals surface area (Å²) in [5, 5.41) is 9.22. The number of alkyl halides is 5.